The number of nitrogens with zero attached hydrogens (tertiary/aromatic N) is 2. The summed E-state index contributed by atoms with van der Waals surface area (Å²) in [6.45, 7) is 1.71. The van der Waals surface area contributed by atoms with Gasteiger partial charge in [0.2, 0.25) is 17.2 Å². The normalized spacial score (nSPS) is 22.0. The molecule has 6 rings (SSSR count). The van der Waals surface area contributed by atoms with Crippen molar-refractivity contribution in [2.24, 2.45) is 20.0 Å². The molecular weight excluding hydrogens is 582 g/mol. The zero-order valence-electron chi connectivity index (χ0n) is 24.2. The number of carbonyl (C=O) groups excluding carboxylic acids is 2. The minimum Gasteiger partial charge on any atom is -0.504 e. The zero-order valence-corrected chi connectivity index (χ0v) is 24.9. The van der Waals surface area contributed by atoms with E-state index in [0.717, 1.165) is 4.57 Å². The van der Waals surface area contributed by atoms with Crippen molar-refractivity contribution in [3.63, 3.8) is 0 Å². The molecule has 0 saturated carbocycles. The molecule has 3 unspecified atom stereocenters. The predicted molar refractivity (Wildman–Crippen MR) is 155 cm³/mol. The third-order valence-electron chi connectivity index (χ3n) is 8.61. The van der Waals surface area contributed by atoms with Gasteiger partial charge in [0, 0.05) is 43.3 Å². The molecule has 224 valence electrons. The number of hydrogen-bond donors (Lipinski definition) is 2. The average Bonchev–Trinajstić information content (AvgIpc) is 3.32. The van der Waals surface area contributed by atoms with Gasteiger partial charge in [0.05, 0.1) is 26.9 Å². The van der Waals surface area contributed by atoms with Gasteiger partial charge in [-0.25, -0.2) is 4.79 Å². The Hall–Kier alpha value is -4.71. The molecule has 12 nitrogen and oxygen atoms in total. The number of hydrogen-bond acceptors (Lipinski definition) is 10. The quantitative estimate of drug-likeness (QED) is 0.423. The molecule has 3 heterocycles. The van der Waals surface area contributed by atoms with Gasteiger partial charge in [0.1, 0.15) is 27.9 Å². The van der Waals surface area contributed by atoms with Crippen LogP contribution in [-0.2, 0) is 18.9 Å². The number of ketones is 2. The highest BCUT2D eigenvalue weighted by atomic mass is 35.5. The van der Waals surface area contributed by atoms with Crippen LogP contribution in [-0.4, -0.2) is 52.7 Å². The van der Waals surface area contributed by atoms with Crippen LogP contribution in [0.2, 0.25) is 5.02 Å². The van der Waals surface area contributed by atoms with Crippen LogP contribution in [0.5, 0.6) is 28.7 Å². The Kier molecular flexibility index (Phi) is 6.38. The summed E-state index contributed by atoms with van der Waals surface area (Å²) in [7, 11) is 7.02. The summed E-state index contributed by atoms with van der Waals surface area (Å²) < 4.78 is 24.7. The molecular formula is C30H28ClN3O9. The highest BCUT2D eigenvalue weighted by molar-refractivity contribution is 6.36. The number of allylic oxidation sites excluding steroid dienone is 1. The van der Waals surface area contributed by atoms with Crippen molar-refractivity contribution in [1.29, 1.82) is 0 Å². The van der Waals surface area contributed by atoms with Gasteiger partial charge < -0.3 is 29.4 Å². The van der Waals surface area contributed by atoms with Gasteiger partial charge in [-0.05, 0) is 24.1 Å². The Bertz CT molecular complexity index is 1930. The van der Waals surface area contributed by atoms with E-state index in [4.69, 9.17) is 30.5 Å². The standard InChI is InChI=1S/C30H28ClN3O9/c1-12-9-14-20(25(36)30(12)26(37)21-17(41-5)11-18(42-6)23(31)24(21)43-30)19(13-7-8-15(35)16(10-13)40-4)22-27(32-14)33(2)29(39)34(3)28(22)38/h7-8,10-12,19,32,35H,9H2,1-6H3. The molecule has 0 radical (unpaired) electrons. The summed E-state index contributed by atoms with van der Waals surface area (Å²) >= 11 is 6.59. The molecule has 1 aliphatic carbocycles. The number of fused-ring (bicyclic) bond motifs is 2. The van der Waals surface area contributed by atoms with Crippen LogP contribution in [0.25, 0.3) is 0 Å². The number of aromatic hydroxyl groups is 1. The minimum atomic E-state index is -2.03. The van der Waals surface area contributed by atoms with Gasteiger partial charge in [0.25, 0.3) is 5.56 Å². The number of phenols is 1. The summed E-state index contributed by atoms with van der Waals surface area (Å²) in [5, 5.41) is 13.5. The van der Waals surface area contributed by atoms with Crippen LogP contribution < -0.4 is 35.5 Å². The van der Waals surface area contributed by atoms with Crippen LogP contribution in [0.4, 0.5) is 5.82 Å². The van der Waals surface area contributed by atoms with Crippen molar-refractivity contribution in [1.82, 2.24) is 9.13 Å². The van der Waals surface area contributed by atoms with E-state index in [1.54, 1.807) is 13.0 Å². The lowest BCUT2D eigenvalue weighted by atomic mass is 9.66. The van der Waals surface area contributed by atoms with E-state index in [0.29, 0.717) is 11.3 Å². The van der Waals surface area contributed by atoms with E-state index in [1.165, 1.54) is 58.2 Å². The maximum atomic E-state index is 14.9. The molecule has 13 heteroatoms. The predicted octanol–water partition coefficient (Wildman–Crippen LogP) is 2.90. The Morgan fingerprint density at radius 2 is 1.65 bits per heavy atom. The lowest BCUT2D eigenvalue weighted by Gasteiger charge is -2.42. The van der Waals surface area contributed by atoms with E-state index in [9.17, 15) is 24.3 Å². The van der Waals surface area contributed by atoms with Crippen LogP contribution in [0.15, 0.2) is 45.1 Å². The largest absolute Gasteiger partial charge is 0.504 e. The van der Waals surface area contributed by atoms with E-state index in [1.807, 2.05) is 0 Å². The summed E-state index contributed by atoms with van der Waals surface area (Å²) in [6, 6.07) is 5.91. The van der Waals surface area contributed by atoms with Crippen molar-refractivity contribution in [2.45, 2.75) is 24.9 Å². The van der Waals surface area contributed by atoms with Gasteiger partial charge in [-0.3, -0.25) is 23.5 Å². The lowest BCUT2D eigenvalue weighted by Crippen LogP contribution is -2.58. The number of anilines is 1. The topological polar surface area (TPSA) is 147 Å². The molecule has 2 aliphatic heterocycles. The number of methoxy groups -OCH3 is 3. The Labute approximate surface area is 250 Å². The van der Waals surface area contributed by atoms with Crippen LogP contribution in [0, 0.1) is 5.92 Å². The number of benzene rings is 2. The Morgan fingerprint density at radius 3 is 2.30 bits per heavy atom. The number of carbonyl (C=O) groups is 2. The molecule has 0 fully saturated rings. The number of nitrogens with one attached hydrogen (secondary N) is 1. The number of aromatic nitrogens is 2. The lowest BCUT2D eigenvalue weighted by molar-refractivity contribution is -0.130. The SMILES string of the molecule is COc1cc(C2C3=C(CC(C)C4(Oc5c(Cl)c(OC)cc(OC)c5C4=O)C3=O)Nc3c2c(=O)n(C)c(=O)n3C)ccc1O. The highest BCUT2D eigenvalue weighted by Crippen LogP contribution is 2.56. The second-order valence-corrected chi connectivity index (χ2v) is 11.1. The second-order valence-electron chi connectivity index (χ2n) is 10.7. The van der Waals surface area contributed by atoms with Crippen molar-refractivity contribution in [3.8, 4) is 28.7 Å². The van der Waals surface area contributed by atoms with Crippen molar-refractivity contribution >= 4 is 29.0 Å². The fourth-order valence-electron chi connectivity index (χ4n) is 6.40. The van der Waals surface area contributed by atoms with Crippen LogP contribution in [0.3, 0.4) is 0 Å². The number of ether oxygens (including phenoxy) is 4. The van der Waals surface area contributed by atoms with E-state index in [2.05, 4.69) is 5.32 Å². The monoisotopic (exact) mass is 609 g/mol. The molecule has 2 N–H and O–H groups in total. The molecule has 43 heavy (non-hydrogen) atoms. The molecule has 3 aromatic rings. The van der Waals surface area contributed by atoms with Crippen molar-refractivity contribution < 1.29 is 33.6 Å². The average molecular weight is 610 g/mol. The maximum Gasteiger partial charge on any atom is 0.332 e. The summed E-state index contributed by atoms with van der Waals surface area (Å²) in [4.78, 5) is 55.9. The summed E-state index contributed by atoms with van der Waals surface area (Å²) in [5.41, 5.74) is -2.15. The maximum absolute atomic E-state index is 14.9. The third kappa shape index (κ3) is 3.62. The van der Waals surface area contributed by atoms with Crippen LogP contribution in [0.1, 0.15) is 40.7 Å². The zero-order chi connectivity index (χ0) is 31.1. The number of halogens is 1. The van der Waals surface area contributed by atoms with Gasteiger partial charge in [-0.2, -0.15) is 0 Å². The summed E-state index contributed by atoms with van der Waals surface area (Å²) in [6.07, 6.45) is 0.145. The first-order valence-corrected chi connectivity index (χ1v) is 13.7. The first-order valence-electron chi connectivity index (χ1n) is 13.3. The molecule has 0 saturated heterocycles. The molecule has 0 amide bonds. The molecule has 3 aliphatic rings. The van der Waals surface area contributed by atoms with E-state index < -0.39 is 40.3 Å². The second kappa shape index (κ2) is 9.66. The van der Waals surface area contributed by atoms with Crippen LogP contribution >= 0.6 is 11.6 Å². The Morgan fingerprint density at radius 1 is 0.977 bits per heavy atom. The van der Waals surface area contributed by atoms with E-state index >= 15 is 0 Å². The Balaban J connectivity index is 1.63. The van der Waals surface area contributed by atoms with Gasteiger partial charge in [-0.1, -0.05) is 24.6 Å². The molecule has 0 bridgehead atoms. The van der Waals surface area contributed by atoms with Gasteiger partial charge in [-0.15, -0.1) is 0 Å². The third-order valence-corrected chi connectivity index (χ3v) is 8.97. The first kappa shape index (κ1) is 28.4. The van der Waals surface area contributed by atoms with Crippen molar-refractivity contribution in [2.75, 3.05) is 26.6 Å². The fourth-order valence-corrected chi connectivity index (χ4v) is 6.66. The molecule has 2 aromatic carbocycles. The molecule has 1 aromatic heterocycles. The number of Topliss-reactive ketones (excluding diaryl/α,β-unsaturated/α-hetero) is 2. The fraction of sp³-hybridized carbons (Fsp3) is 0.333. The first-order chi connectivity index (χ1) is 20.4. The van der Waals surface area contributed by atoms with Gasteiger partial charge in [0.15, 0.2) is 17.2 Å². The number of rotatable bonds is 4. The smallest absolute Gasteiger partial charge is 0.332 e. The highest BCUT2D eigenvalue weighted by Gasteiger charge is 2.63. The molecule has 1 spiro atoms. The van der Waals surface area contributed by atoms with E-state index in [-0.39, 0.29) is 62.7 Å². The van der Waals surface area contributed by atoms with Crippen molar-refractivity contribution in [3.05, 3.63) is 78.1 Å². The minimum absolute atomic E-state index is 0.0131. The molecule has 3 atom stereocenters. The number of phenolic OH excluding ortho intramolecular Hbond substituents is 1. The summed E-state index contributed by atoms with van der Waals surface area (Å²) in [5.74, 6) is -2.60. The van der Waals surface area contributed by atoms with Gasteiger partial charge >= 0.3 is 5.69 Å².